The first-order valence-corrected chi connectivity index (χ1v) is 8.71. The summed E-state index contributed by atoms with van der Waals surface area (Å²) in [6.45, 7) is 3.94. The Kier molecular flexibility index (Phi) is 5.66. The van der Waals surface area contributed by atoms with Gasteiger partial charge in [-0.15, -0.1) is 0 Å². The average molecular weight is 369 g/mol. The van der Waals surface area contributed by atoms with Gasteiger partial charge < -0.3 is 24.3 Å². The van der Waals surface area contributed by atoms with Crippen LogP contribution < -0.4 is 14.8 Å². The molecule has 142 valence electrons. The van der Waals surface area contributed by atoms with Gasteiger partial charge in [0.25, 0.3) is 5.91 Å². The number of methoxy groups -OCH3 is 1. The first-order chi connectivity index (χ1) is 13.0. The molecule has 0 aliphatic carbocycles. The molecule has 0 unspecified atom stereocenters. The van der Waals surface area contributed by atoms with Crippen molar-refractivity contribution in [2.24, 2.45) is 0 Å². The molecule has 0 radical (unpaired) electrons. The molecule has 0 saturated carbocycles. The van der Waals surface area contributed by atoms with Crippen LogP contribution in [0.4, 0.5) is 0 Å². The van der Waals surface area contributed by atoms with Crippen LogP contribution in [-0.2, 0) is 0 Å². The second-order valence-corrected chi connectivity index (χ2v) is 6.41. The minimum atomic E-state index is -0.855. The summed E-state index contributed by atoms with van der Waals surface area (Å²) in [5.41, 5.74) is 2.56. The zero-order chi connectivity index (χ0) is 19.4. The van der Waals surface area contributed by atoms with Gasteiger partial charge >= 0.3 is 0 Å². The molecule has 27 heavy (non-hydrogen) atoms. The van der Waals surface area contributed by atoms with E-state index in [2.05, 4.69) is 5.32 Å². The Morgan fingerprint density at radius 1 is 1.19 bits per heavy atom. The number of aliphatic hydroxyl groups excluding tert-OH is 1. The van der Waals surface area contributed by atoms with E-state index in [-0.39, 0.29) is 24.8 Å². The Bertz CT molecular complexity index is 947. The minimum Gasteiger partial charge on any atom is -0.497 e. The van der Waals surface area contributed by atoms with Gasteiger partial charge in [-0.1, -0.05) is 17.7 Å². The SMILES string of the molecule is COc1cccc(OC[C@H](O)CNC(=O)c2oc3ccc(C)cc3c2C)c1. The van der Waals surface area contributed by atoms with E-state index in [4.69, 9.17) is 13.9 Å². The third-order valence-electron chi connectivity index (χ3n) is 4.28. The molecule has 1 heterocycles. The Morgan fingerprint density at radius 2 is 1.96 bits per heavy atom. The van der Waals surface area contributed by atoms with Gasteiger partial charge in [0.15, 0.2) is 5.76 Å². The predicted molar refractivity (Wildman–Crippen MR) is 103 cm³/mol. The van der Waals surface area contributed by atoms with E-state index in [1.165, 1.54) is 0 Å². The fraction of sp³-hybridized carbons (Fsp3) is 0.286. The van der Waals surface area contributed by atoms with E-state index >= 15 is 0 Å². The normalized spacial score (nSPS) is 12.0. The molecule has 3 aromatic rings. The van der Waals surface area contributed by atoms with E-state index in [0.717, 1.165) is 16.5 Å². The number of carbonyl (C=O) groups is 1. The number of nitrogens with one attached hydrogen (secondary N) is 1. The van der Waals surface area contributed by atoms with Gasteiger partial charge in [-0.2, -0.15) is 0 Å². The number of amides is 1. The third-order valence-corrected chi connectivity index (χ3v) is 4.28. The molecule has 0 aliphatic heterocycles. The largest absolute Gasteiger partial charge is 0.497 e. The molecular weight excluding hydrogens is 346 g/mol. The molecule has 2 aromatic carbocycles. The number of benzene rings is 2. The lowest BCUT2D eigenvalue weighted by Crippen LogP contribution is -2.35. The standard InChI is InChI=1S/C21H23NO5/c1-13-7-8-19-18(9-13)14(2)20(27-19)21(24)22-11-15(23)12-26-17-6-4-5-16(10-17)25-3/h4-10,15,23H,11-12H2,1-3H3,(H,22,24)/t15-/m1/s1. The molecule has 6 nitrogen and oxygen atoms in total. The van der Waals surface area contributed by atoms with E-state index in [0.29, 0.717) is 17.1 Å². The Balaban J connectivity index is 1.56. The number of rotatable bonds is 7. The first kappa shape index (κ1) is 18.8. The summed E-state index contributed by atoms with van der Waals surface area (Å²) in [5, 5.41) is 13.7. The van der Waals surface area contributed by atoms with Crippen LogP contribution in [-0.4, -0.2) is 37.4 Å². The van der Waals surface area contributed by atoms with Crippen molar-refractivity contribution in [1.29, 1.82) is 0 Å². The van der Waals surface area contributed by atoms with Crippen molar-refractivity contribution < 1.29 is 23.8 Å². The van der Waals surface area contributed by atoms with Crippen LogP contribution in [0.15, 0.2) is 46.9 Å². The highest BCUT2D eigenvalue weighted by atomic mass is 16.5. The lowest BCUT2D eigenvalue weighted by atomic mass is 10.1. The van der Waals surface area contributed by atoms with Crippen LogP contribution in [0.3, 0.4) is 0 Å². The maximum atomic E-state index is 12.4. The Labute approximate surface area is 157 Å². The average Bonchev–Trinajstić information content (AvgIpc) is 3.01. The zero-order valence-corrected chi connectivity index (χ0v) is 15.6. The van der Waals surface area contributed by atoms with E-state index in [9.17, 15) is 9.90 Å². The first-order valence-electron chi connectivity index (χ1n) is 8.71. The molecule has 0 spiro atoms. The van der Waals surface area contributed by atoms with Crippen LogP contribution >= 0.6 is 0 Å². The second kappa shape index (κ2) is 8.14. The van der Waals surface area contributed by atoms with Gasteiger partial charge in [-0.05, 0) is 38.1 Å². The third kappa shape index (κ3) is 4.41. The predicted octanol–water partition coefficient (Wildman–Crippen LogP) is 3.23. The number of aliphatic hydroxyl groups is 1. The number of hydrogen-bond donors (Lipinski definition) is 2. The smallest absolute Gasteiger partial charge is 0.287 e. The highest BCUT2D eigenvalue weighted by Crippen LogP contribution is 2.26. The highest BCUT2D eigenvalue weighted by molar-refractivity contribution is 5.99. The second-order valence-electron chi connectivity index (χ2n) is 6.41. The Morgan fingerprint density at radius 3 is 2.74 bits per heavy atom. The summed E-state index contributed by atoms with van der Waals surface area (Å²) in [6, 6.07) is 12.9. The summed E-state index contributed by atoms with van der Waals surface area (Å²) in [6.07, 6.45) is -0.855. The fourth-order valence-corrected chi connectivity index (χ4v) is 2.78. The molecule has 0 aliphatic rings. The molecule has 0 saturated heterocycles. The number of ether oxygens (including phenoxy) is 2. The quantitative estimate of drug-likeness (QED) is 0.668. The van der Waals surface area contributed by atoms with Gasteiger partial charge in [0.05, 0.1) is 7.11 Å². The molecule has 3 rings (SSSR count). The van der Waals surface area contributed by atoms with Crippen LogP contribution in [0, 0.1) is 13.8 Å². The summed E-state index contributed by atoms with van der Waals surface area (Å²) in [7, 11) is 1.57. The molecule has 2 N–H and O–H groups in total. The molecule has 6 heteroatoms. The number of carbonyl (C=O) groups excluding carboxylic acids is 1. The van der Waals surface area contributed by atoms with Crippen molar-refractivity contribution in [3.63, 3.8) is 0 Å². The van der Waals surface area contributed by atoms with E-state index in [1.807, 2.05) is 32.0 Å². The number of fused-ring (bicyclic) bond motifs is 1. The minimum absolute atomic E-state index is 0.0474. The van der Waals surface area contributed by atoms with Gasteiger partial charge in [0.2, 0.25) is 0 Å². The number of hydrogen-bond acceptors (Lipinski definition) is 5. The van der Waals surface area contributed by atoms with Crippen molar-refractivity contribution in [2.75, 3.05) is 20.3 Å². The van der Waals surface area contributed by atoms with Gasteiger partial charge in [0.1, 0.15) is 29.8 Å². The monoisotopic (exact) mass is 369 g/mol. The van der Waals surface area contributed by atoms with Gasteiger partial charge in [0, 0.05) is 23.6 Å². The van der Waals surface area contributed by atoms with Crippen molar-refractivity contribution in [3.05, 3.63) is 59.4 Å². The fourth-order valence-electron chi connectivity index (χ4n) is 2.78. The lowest BCUT2D eigenvalue weighted by Gasteiger charge is -2.13. The maximum absolute atomic E-state index is 12.4. The van der Waals surface area contributed by atoms with E-state index in [1.54, 1.807) is 31.4 Å². The molecule has 1 aromatic heterocycles. The molecule has 1 amide bonds. The zero-order valence-electron chi connectivity index (χ0n) is 15.6. The van der Waals surface area contributed by atoms with Crippen molar-refractivity contribution in [3.8, 4) is 11.5 Å². The molecule has 0 bridgehead atoms. The Hall–Kier alpha value is -2.99. The number of aryl methyl sites for hydroxylation is 2. The summed E-state index contributed by atoms with van der Waals surface area (Å²) in [4.78, 5) is 12.4. The van der Waals surface area contributed by atoms with Crippen molar-refractivity contribution in [2.45, 2.75) is 20.0 Å². The summed E-state index contributed by atoms with van der Waals surface area (Å²) < 4.78 is 16.3. The number of furan rings is 1. The molecule has 1 atom stereocenters. The van der Waals surface area contributed by atoms with Crippen molar-refractivity contribution in [1.82, 2.24) is 5.32 Å². The highest BCUT2D eigenvalue weighted by Gasteiger charge is 2.18. The van der Waals surface area contributed by atoms with Crippen LogP contribution in [0.2, 0.25) is 0 Å². The lowest BCUT2D eigenvalue weighted by molar-refractivity contribution is 0.0823. The summed E-state index contributed by atoms with van der Waals surface area (Å²) in [5.74, 6) is 1.16. The van der Waals surface area contributed by atoms with E-state index < -0.39 is 6.10 Å². The topological polar surface area (TPSA) is 80.9 Å². The molecular formula is C21H23NO5. The van der Waals surface area contributed by atoms with Crippen LogP contribution in [0.25, 0.3) is 11.0 Å². The van der Waals surface area contributed by atoms with Crippen LogP contribution in [0.5, 0.6) is 11.5 Å². The molecule has 0 fully saturated rings. The maximum Gasteiger partial charge on any atom is 0.287 e. The van der Waals surface area contributed by atoms with Gasteiger partial charge in [-0.25, -0.2) is 0 Å². The summed E-state index contributed by atoms with van der Waals surface area (Å²) >= 11 is 0. The van der Waals surface area contributed by atoms with Crippen LogP contribution in [0.1, 0.15) is 21.7 Å². The van der Waals surface area contributed by atoms with Crippen molar-refractivity contribution >= 4 is 16.9 Å². The van der Waals surface area contributed by atoms with Gasteiger partial charge in [-0.3, -0.25) is 4.79 Å².